The Morgan fingerprint density at radius 2 is 1.22 bits per heavy atom. The topological polar surface area (TPSA) is 124 Å². The lowest BCUT2D eigenvalue weighted by molar-refractivity contribution is -0.944. The number of carbonyl (C=O) groups excluding carboxylic acids is 4. The fraction of sp³-hybridized carbons (Fsp3) is 0.467. The number of likely N-dealkylation sites (N-methyl/N-ethyl adjacent to an activating group) is 1. The van der Waals surface area contributed by atoms with Gasteiger partial charge in [-0.1, -0.05) is 60.7 Å². The van der Waals surface area contributed by atoms with Crippen molar-refractivity contribution in [3.63, 3.8) is 0 Å². The summed E-state index contributed by atoms with van der Waals surface area (Å²) in [5, 5.41) is 0. The second-order valence-corrected chi connectivity index (χ2v) is 10.3. The maximum atomic E-state index is 12.8. The van der Waals surface area contributed by atoms with Gasteiger partial charge in [0.2, 0.25) is 18.4 Å². The van der Waals surface area contributed by atoms with Crippen molar-refractivity contribution in [3.8, 4) is 0 Å². The van der Waals surface area contributed by atoms with E-state index in [9.17, 15) is 19.2 Å². The molecule has 0 saturated carbocycles. The molecule has 222 valence electrons. The van der Waals surface area contributed by atoms with Crippen molar-refractivity contribution in [2.24, 2.45) is 0 Å². The van der Waals surface area contributed by atoms with Gasteiger partial charge in [0.05, 0.1) is 27.8 Å². The fourth-order valence-corrected chi connectivity index (χ4v) is 4.83. The SMILES string of the molecule is COC(=O)[C@H]1O[C@@H]([N+](C)(C)CCOC(c2ccccc2)c2ccccc2)[C@H](OC(C)=O)C(OC(C)=O)[C@@H]1OC(C)=O. The van der Waals surface area contributed by atoms with Crippen LogP contribution >= 0.6 is 0 Å². The number of ether oxygens (including phenoxy) is 6. The second kappa shape index (κ2) is 14.2. The van der Waals surface area contributed by atoms with Crippen molar-refractivity contribution in [2.45, 2.75) is 57.5 Å². The zero-order chi connectivity index (χ0) is 30.2. The maximum absolute atomic E-state index is 12.8. The molecule has 1 unspecified atom stereocenters. The zero-order valence-electron chi connectivity index (χ0n) is 24.2. The van der Waals surface area contributed by atoms with E-state index in [0.29, 0.717) is 6.54 Å². The third-order valence-corrected chi connectivity index (χ3v) is 6.70. The minimum atomic E-state index is -1.45. The highest BCUT2D eigenvalue weighted by Gasteiger charge is 2.59. The Labute approximate surface area is 239 Å². The molecule has 0 amide bonds. The molecule has 0 N–H and O–H groups in total. The Hall–Kier alpha value is -3.80. The van der Waals surface area contributed by atoms with Gasteiger partial charge in [0.1, 0.15) is 12.6 Å². The summed E-state index contributed by atoms with van der Waals surface area (Å²) in [4.78, 5) is 49.0. The van der Waals surface area contributed by atoms with Gasteiger partial charge < -0.3 is 28.4 Å². The summed E-state index contributed by atoms with van der Waals surface area (Å²) in [6.07, 6.45) is -6.82. The fourth-order valence-electron chi connectivity index (χ4n) is 4.83. The number of benzene rings is 2. The number of nitrogens with zero attached hydrogens (tertiary/aromatic N) is 1. The normalized spacial score (nSPS) is 22.5. The van der Waals surface area contributed by atoms with E-state index in [1.807, 2.05) is 60.7 Å². The number of carbonyl (C=O) groups is 4. The molecule has 1 aliphatic heterocycles. The van der Waals surface area contributed by atoms with Crippen LogP contribution < -0.4 is 0 Å². The summed E-state index contributed by atoms with van der Waals surface area (Å²) < 4.78 is 34.0. The number of methoxy groups -OCH3 is 1. The predicted molar refractivity (Wildman–Crippen MR) is 145 cm³/mol. The maximum Gasteiger partial charge on any atom is 0.339 e. The van der Waals surface area contributed by atoms with Crippen molar-refractivity contribution in [1.82, 2.24) is 0 Å². The second-order valence-electron chi connectivity index (χ2n) is 10.3. The van der Waals surface area contributed by atoms with Gasteiger partial charge in [-0.25, -0.2) is 4.79 Å². The molecule has 1 fully saturated rings. The molecule has 1 saturated heterocycles. The lowest BCUT2D eigenvalue weighted by Gasteiger charge is -2.48. The molecule has 11 heteroatoms. The summed E-state index contributed by atoms with van der Waals surface area (Å²) in [6, 6.07) is 19.6. The molecule has 0 aromatic heterocycles. The third kappa shape index (κ3) is 8.35. The molecule has 1 heterocycles. The van der Waals surface area contributed by atoms with Gasteiger partial charge in [-0.3, -0.25) is 18.9 Å². The Morgan fingerprint density at radius 1 is 0.756 bits per heavy atom. The van der Waals surface area contributed by atoms with Crippen molar-refractivity contribution >= 4 is 23.9 Å². The smallest absolute Gasteiger partial charge is 0.339 e. The van der Waals surface area contributed by atoms with Gasteiger partial charge in [-0.2, -0.15) is 0 Å². The van der Waals surface area contributed by atoms with E-state index in [-0.39, 0.29) is 17.2 Å². The number of hydrogen-bond acceptors (Lipinski definition) is 10. The highest BCUT2D eigenvalue weighted by molar-refractivity contribution is 5.77. The molecule has 0 spiro atoms. The Balaban J connectivity index is 1.92. The lowest BCUT2D eigenvalue weighted by atomic mass is 9.95. The molecule has 1 aliphatic rings. The molecular weight excluding hydrogens is 534 g/mol. The van der Waals surface area contributed by atoms with Crippen LogP contribution in [0.2, 0.25) is 0 Å². The number of rotatable bonds is 11. The summed E-state index contributed by atoms with van der Waals surface area (Å²) in [7, 11) is 4.76. The first kappa shape index (κ1) is 31.7. The van der Waals surface area contributed by atoms with Crippen LogP contribution in [-0.4, -0.2) is 93.4 Å². The van der Waals surface area contributed by atoms with Crippen LogP contribution in [0.5, 0.6) is 0 Å². The van der Waals surface area contributed by atoms with Gasteiger partial charge in [-0.05, 0) is 11.1 Å². The molecule has 3 rings (SSSR count). The average molecular weight is 573 g/mol. The summed E-state index contributed by atoms with van der Waals surface area (Å²) in [5.74, 6) is -3.00. The monoisotopic (exact) mass is 572 g/mol. The first-order valence-corrected chi connectivity index (χ1v) is 13.2. The Kier molecular flexibility index (Phi) is 11.0. The number of esters is 4. The van der Waals surface area contributed by atoms with E-state index in [1.54, 1.807) is 14.1 Å². The van der Waals surface area contributed by atoms with Crippen LogP contribution in [0.4, 0.5) is 0 Å². The van der Waals surface area contributed by atoms with E-state index in [1.165, 1.54) is 6.92 Å². The van der Waals surface area contributed by atoms with E-state index >= 15 is 0 Å². The van der Waals surface area contributed by atoms with Crippen LogP contribution in [0.1, 0.15) is 38.0 Å². The van der Waals surface area contributed by atoms with E-state index in [4.69, 9.17) is 28.4 Å². The van der Waals surface area contributed by atoms with Crippen LogP contribution in [0.15, 0.2) is 60.7 Å². The Morgan fingerprint density at radius 3 is 1.68 bits per heavy atom. The van der Waals surface area contributed by atoms with E-state index < -0.39 is 54.5 Å². The minimum absolute atomic E-state index is 0.0201. The summed E-state index contributed by atoms with van der Waals surface area (Å²) >= 11 is 0. The largest absolute Gasteiger partial charge is 0.467 e. The zero-order valence-corrected chi connectivity index (χ0v) is 24.2. The summed E-state index contributed by atoms with van der Waals surface area (Å²) in [6.45, 7) is 4.07. The quantitative estimate of drug-likeness (QED) is 0.225. The van der Waals surface area contributed by atoms with Crippen LogP contribution in [0.3, 0.4) is 0 Å². The van der Waals surface area contributed by atoms with Gasteiger partial charge >= 0.3 is 23.9 Å². The molecule has 11 nitrogen and oxygen atoms in total. The number of hydrogen-bond donors (Lipinski definition) is 0. The molecular formula is C30H38NO10+. The molecule has 41 heavy (non-hydrogen) atoms. The van der Waals surface area contributed by atoms with Crippen molar-refractivity contribution in [2.75, 3.05) is 34.4 Å². The highest BCUT2D eigenvalue weighted by Crippen LogP contribution is 2.33. The van der Waals surface area contributed by atoms with Crippen LogP contribution in [0.25, 0.3) is 0 Å². The predicted octanol–water partition coefficient (Wildman–Crippen LogP) is 2.56. The first-order valence-electron chi connectivity index (χ1n) is 13.2. The molecule has 0 aliphatic carbocycles. The number of quaternary nitrogens is 1. The minimum Gasteiger partial charge on any atom is -0.467 e. The Bertz CT molecular complexity index is 1150. The van der Waals surface area contributed by atoms with Gasteiger partial charge in [0, 0.05) is 20.8 Å². The van der Waals surface area contributed by atoms with Crippen molar-refractivity contribution in [1.29, 1.82) is 0 Å². The van der Waals surface area contributed by atoms with Gasteiger partial charge in [0.15, 0.2) is 12.2 Å². The van der Waals surface area contributed by atoms with Crippen LogP contribution in [0, 0.1) is 0 Å². The van der Waals surface area contributed by atoms with E-state index in [0.717, 1.165) is 32.1 Å². The lowest BCUT2D eigenvalue weighted by Crippen LogP contribution is -2.70. The van der Waals surface area contributed by atoms with Gasteiger partial charge in [-0.15, -0.1) is 0 Å². The first-order chi connectivity index (χ1) is 19.4. The molecule has 2 aromatic rings. The standard InChI is InChI=1S/C30H38NO10/c1-19(32)38-25-26(39-20(2)33)28(30(35)36-6)41-29(27(25)40-21(3)34)31(4,5)17-18-37-24(22-13-9-7-10-14-22)23-15-11-8-12-16-23/h7-16,24-29H,17-18H2,1-6H3/q+1/t25?,26-,27+,28-,29+/m0/s1. The molecule has 2 aromatic carbocycles. The van der Waals surface area contributed by atoms with Crippen molar-refractivity contribution in [3.05, 3.63) is 71.8 Å². The molecule has 0 radical (unpaired) electrons. The van der Waals surface area contributed by atoms with Crippen LogP contribution in [-0.2, 0) is 47.6 Å². The average Bonchev–Trinajstić information content (AvgIpc) is 2.92. The highest BCUT2D eigenvalue weighted by atomic mass is 16.7. The van der Waals surface area contributed by atoms with Crippen molar-refractivity contribution < 1.29 is 52.1 Å². The third-order valence-electron chi connectivity index (χ3n) is 6.70. The summed E-state index contributed by atoms with van der Waals surface area (Å²) in [5.41, 5.74) is 1.95. The van der Waals surface area contributed by atoms with Gasteiger partial charge in [0.25, 0.3) is 0 Å². The molecule has 0 bridgehead atoms. The van der Waals surface area contributed by atoms with E-state index in [2.05, 4.69) is 0 Å². The molecule has 5 atom stereocenters.